The molecule has 2 nitrogen and oxygen atoms in total. The van der Waals surface area contributed by atoms with E-state index in [0.29, 0.717) is 0 Å². The zero-order valence-corrected chi connectivity index (χ0v) is 5.68. The highest BCUT2D eigenvalue weighted by Crippen LogP contribution is 1.81. The van der Waals surface area contributed by atoms with Crippen molar-refractivity contribution in [3.8, 4) is 0 Å². The van der Waals surface area contributed by atoms with E-state index in [4.69, 9.17) is 5.11 Å². The summed E-state index contributed by atoms with van der Waals surface area (Å²) in [4.78, 5) is 9.60. The molecule has 0 aromatic carbocycles. The Kier molecular flexibility index (Phi) is 5.96. The van der Waals surface area contributed by atoms with Crippen molar-refractivity contribution in [1.29, 1.82) is 0 Å². The number of hydrogen-bond donors (Lipinski definition) is 1. The zero-order chi connectivity index (χ0) is 5.15. The van der Waals surface area contributed by atoms with Crippen LogP contribution in [0.25, 0.3) is 0 Å². The third-order valence-electron chi connectivity index (χ3n) is 0.365. The Morgan fingerprint density at radius 2 is 1.86 bits per heavy atom. The summed E-state index contributed by atoms with van der Waals surface area (Å²) in [5.74, 6) is -0.935. The van der Waals surface area contributed by atoms with Gasteiger partial charge in [-0.15, -0.1) is 0 Å². The molecule has 0 saturated heterocycles. The predicted molar refractivity (Wildman–Crippen MR) is 28.2 cm³/mol. The Labute approximate surface area is 58.4 Å². The largest absolute Gasteiger partial charge is 0.478 e. The molecule has 0 heterocycles. The highest BCUT2D eigenvalue weighted by atomic mass is 24.3. The molecule has 0 spiro atoms. The van der Waals surface area contributed by atoms with Gasteiger partial charge in [0.05, 0.1) is 0 Å². The topological polar surface area (TPSA) is 37.3 Å². The highest BCUT2D eigenvalue weighted by molar-refractivity contribution is 5.84. The van der Waals surface area contributed by atoms with Crippen LogP contribution in [0.3, 0.4) is 0 Å². The van der Waals surface area contributed by atoms with Crippen LogP contribution in [0.2, 0.25) is 0 Å². The Hall–Kier alpha value is -0.0238. The van der Waals surface area contributed by atoms with E-state index in [1.807, 2.05) is 0 Å². The van der Waals surface area contributed by atoms with Crippen molar-refractivity contribution < 1.29 is 9.90 Å². The molecule has 0 aliphatic rings. The van der Waals surface area contributed by atoms with Gasteiger partial charge in [0.25, 0.3) is 0 Å². The molecule has 0 aliphatic heterocycles. The SMILES string of the molecule is C=C(C)C(=O)O.[Mg]. The molecule has 3 heteroatoms. The molecule has 2 radical (unpaired) electrons. The molecule has 0 fully saturated rings. The van der Waals surface area contributed by atoms with Gasteiger partial charge in [-0.2, -0.15) is 0 Å². The molecule has 0 rings (SSSR count). The number of carbonyl (C=O) groups is 1. The van der Waals surface area contributed by atoms with Crippen LogP contribution >= 0.6 is 0 Å². The number of rotatable bonds is 1. The molecule has 1 N–H and O–H groups in total. The van der Waals surface area contributed by atoms with Crippen molar-refractivity contribution in [3.05, 3.63) is 12.2 Å². The van der Waals surface area contributed by atoms with Crippen LogP contribution in [0.4, 0.5) is 0 Å². The fourth-order valence-electron chi connectivity index (χ4n) is 0. The second-order valence-corrected chi connectivity index (χ2v) is 1.09. The van der Waals surface area contributed by atoms with Gasteiger partial charge in [-0.1, -0.05) is 6.58 Å². The lowest BCUT2D eigenvalue weighted by Gasteiger charge is -1.79. The van der Waals surface area contributed by atoms with Crippen LogP contribution in [0.15, 0.2) is 12.2 Å². The van der Waals surface area contributed by atoms with Crippen molar-refractivity contribution in [2.45, 2.75) is 6.92 Å². The molecule has 0 unspecified atom stereocenters. The van der Waals surface area contributed by atoms with E-state index in [2.05, 4.69) is 6.58 Å². The average Bonchev–Trinajstić information content (AvgIpc) is 1.36. The van der Waals surface area contributed by atoms with Crippen molar-refractivity contribution in [2.24, 2.45) is 0 Å². The standard InChI is InChI=1S/C4H6O2.Mg/c1-3(2)4(5)6;/h1H2,2H3,(H,5,6);. The molecule has 0 saturated carbocycles. The summed E-state index contributed by atoms with van der Waals surface area (Å²) in [6.07, 6.45) is 0. The zero-order valence-electron chi connectivity index (χ0n) is 4.27. The summed E-state index contributed by atoms with van der Waals surface area (Å²) in [6.45, 7) is 4.60. The molecular formula is C4H6MgO2. The van der Waals surface area contributed by atoms with Crippen molar-refractivity contribution in [2.75, 3.05) is 0 Å². The highest BCUT2D eigenvalue weighted by Gasteiger charge is 1.90. The summed E-state index contributed by atoms with van der Waals surface area (Å²) in [7, 11) is 0. The Morgan fingerprint density at radius 3 is 1.86 bits per heavy atom. The first kappa shape index (κ1) is 10.1. The smallest absolute Gasteiger partial charge is 0.330 e. The quantitative estimate of drug-likeness (QED) is 0.388. The van der Waals surface area contributed by atoms with Gasteiger partial charge in [0, 0.05) is 28.6 Å². The molecule has 0 aromatic heterocycles. The van der Waals surface area contributed by atoms with Crippen LogP contribution in [0, 0.1) is 0 Å². The third kappa shape index (κ3) is 5.98. The third-order valence-corrected chi connectivity index (χ3v) is 0.365. The molecule has 36 valence electrons. The maximum atomic E-state index is 9.60. The van der Waals surface area contributed by atoms with Gasteiger partial charge in [0.15, 0.2) is 0 Å². The second kappa shape index (κ2) is 4.14. The molecule has 0 bridgehead atoms. The lowest BCUT2D eigenvalue weighted by molar-refractivity contribution is -0.132. The average molecular weight is 110 g/mol. The van der Waals surface area contributed by atoms with Gasteiger partial charge in [-0.3, -0.25) is 0 Å². The fraction of sp³-hybridized carbons (Fsp3) is 0.250. The van der Waals surface area contributed by atoms with Crippen molar-refractivity contribution in [1.82, 2.24) is 0 Å². The number of carboxylic acids is 1. The van der Waals surface area contributed by atoms with Crippen LogP contribution in [0.1, 0.15) is 6.92 Å². The monoisotopic (exact) mass is 110 g/mol. The molecule has 0 aliphatic carbocycles. The van der Waals surface area contributed by atoms with E-state index in [-0.39, 0.29) is 28.6 Å². The first-order valence-electron chi connectivity index (χ1n) is 1.53. The Morgan fingerprint density at radius 1 is 1.71 bits per heavy atom. The Balaban J connectivity index is 0. The molecule has 0 atom stereocenters. The van der Waals surface area contributed by atoms with Crippen LogP contribution in [-0.4, -0.2) is 34.1 Å². The predicted octanol–water partition coefficient (Wildman–Crippen LogP) is 0.266. The van der Waals surface area contributed by atoms with Gasteiger partial charge in [0.1, 0.15) is 0 Å². The first-order chi connectivity index (χ1) is 2.64. The molecule has 7 heavy (non-hydrogen) atoms. The van der Waals surface area contributed by atoms with Crippen LogP contribution < -0.4 is 0 Å². The minimum atomic E-state index is -0.935. The minimum absolute atomic E-state index is 0. The lowest BCUT2D eigenvalue weighted by Crippen LogP contribution is -1.92. The number of hydrogen-bond acceptors (Lipinski definition) is 1. The molecular weight excluding hydrogens is 104 g/mol. The second-order valence-electron chi connectivity index (χ2n) is 1.09. The lowest BCUT2D eigenvalue weighted by atomic mass is 10.4. The van der Waals surface area contributed by atoms with Crippen molar-refractivity contribution >= 4 is 29.0 Å². The fourth-order valence-corrected chi connectivity index (χ4v) is 0. The van der Waals surface area contributed by atoms with E-state index in [1.165, 1.54) is 6.92 Å². The van der Waals surface area contributed by atoms with Gasteiger partial charge < -0.3 is 5.11 Å². The van der Waals surface area contributed by atoms with Gasteiger partial charge >= 0.3 is 5.97 Å². The normalized spacial score (nSPS) is 6.43. The van der Waals surface area contributed by atoms with E-state index >= 15 is 0 Å². The maximum Gasteiger partial charge on any atom is 0.330 e. The Bertz CT molecular complexity index is 75.7. The van der Waals surface area contributed by atoms with Crippen LogP contribution in [-0.2, 0) is 4.79 Å². The van der Waals surface area contributed by atoms with Gasteiger partial charge in [-0.25, -0.2) is 4.79 Å². The van der Waals surface area contributed by atoms with Crippen molar-refractivity contribution in [3.63, 3.8) is 0 Å². The van der Waals surface area contributed by atoms with E-state index < -0.39 is 5.97 Å². The summed E-state index contributed by atoms with van der Waals surface area (Å²) in [5, 5.41) is 7.89. The molecule has 0 aromatic rings. The first-order valence-corrected chi connectivity index (χ1v) is 1.53. The van der Waals surface area contributed by atoms with Gasteiger partial charge in [0.2, 0.25) is 0 Å². The van der Waals surface area contributed by atoms with E-state index in [1.54, 1.807) is 0 Å². The number of carboxylic acid groups (broad SMARTS) is 1. The summed E-state index contributed by atoms with van der Waals surface area (Å²) >= 11 is 0. The number of aliphatic carboxylic acids is 1. The summed E-state index contributed by atoms with van der Waals surface area (Å²) in [5.41, 5.74) is 0.176. The van der Waals surface area contributed by atoms with E-state index in [0.717, 1.165) is 0 Å². The molecule has 0 amide bonds. The maximum absolute atomic E-state index is 9.60. The van der Waals surface area contributed by atoms with Crippen LogP contribution in [0.5, 0.6) is 0 Å². The van der Waals surface area contributed by atoms with E-state index in [9.17, 15) is 4.79 Å². The summed E-state index contributed by atoms with van der Waals surface area (Å²) < 4.78 is 0. The van der Waals surface area contributed by atoms with Gasteiger partial charge in [-0.05, 0) is 6.92 Å². The minimum Gasteiger partial charge on any atom is -0.478 e. The summed E-state index contributed by atoms with van der Waals surface area (Å²) in [6, 6.07) is 0.